The largest absolute Gasteiger partial charge is 0.480 e. The molecule has 0 fully saturated rings. The van der Waals surface area contributed by atoms with E-state index in [0.717, 1.165) is 16.5 Å². The van der Waals surface area contributed by atoms with Crippen LogP contribution in [0.3, 0.4) is 0 Å². The van der Waals surface area contributed by atoms with Crippen molar-refractivity contribution in [1.82, 2.24) is 15.6 Å². The first-order chi connectivity index (χ1) is 13.6. The number of H-pyrrole nitrogens is 1. The average molecular weight is 404 g/mol. The van der Waals surface area contributed by atoms with Crippen LogP contribution in [0.4, 0.5) is 0 Å². The lowest BCUT2D eigenvalue weighted by Crippen LogP contribution is -2.57. The summed E-state index contributed by atoms with van der Waals surface area (Å²) < 4.78 is 0. The molecule has 9 nitrogen and oxygen atoms in total. The molecule has 9 heteroatoms. The van der Waals surface area contributed by atoms with Gasteiger partial charge in [0.15, 0.2) is 6.04 Å². The van der Waals surface area contributed by atoms with Crippen molar-refractivity contribution < 1.29 is 24.6 Å². The lowest BCUT2D eigenvalue weighted by Gasteiger charge is -2.24. The Hall–Kier alpha value is -2.91. The molecular weight excluding hydrogens is 376 g/mol. The fraction of sp³-hybridized carbons (Fsp3) is 0.450. The first-order valence-corrected chi connectivity index (χ1v) is 9.44. The molecule has 0 spiro atoms. The normalized spacial score (nSPS) is 15.5. The van der Waals surface area contributed by atoms with Crippen LogP contribution in [-0.4, -0.2) is 57.2 Å². The molecule has 1 aromatic heterocycles. The predicted octanol–water partition coefficient (Wildman–Crippen LogP) is 0.129. The second kappa shape index (κ2) is 9.53. The molecule has 2 aromatic rings. The summed E-state index contributed by atoms with van der Waals surface area (Å²) >= 11 is 0. The number of aromatic nitrogens is 1. The highest BCUT2D eigenvalue weighted by Gasteiger charge is 2.31. The number of aromatic amines is 1. The molecule has 0 aliphatic heterocycles. The molecular formula is C20H28N4O5. The fourth-order valence-corrected chi connectivity index (χ4v) is 2.94. The average Bonchev–Trinajstić information content (AvgIpc) is 3.07. The van der Waals surface area contributed by atoms with Gasteiger partial charge in [0.2, 0.25) is 11.8 Å². The number of para-hydroxylation sites is 1. The van der Waals surface area contributed by atoms with E-state index in [0.29, 0.717) is 0 Å². The molecule has 0 saturated heterocycles. The molecule has 0 aliphatic carbocycles. The molecule has 0 radical (unpaired) electrons. The standard InChI is InChI=1S/C20H28N4O5/c1-10(2)16(21)19(27)23-15(18(26)24-17(11(3)25)20(28)29)8-12-9-22-14-7-5-4-6-13(12)14/h4-7,9-11,15-17,22,25H,8,21H2,1-3H3,(H,23,27)(H,24,26)(H,28,29). The number of amides is 2. The molecule has 2 rings (SSSR count). The van der Waals surface area contributed by atoms with E-state index in [9.17, 15) is 24.6 Å². The van der Waals surface area contributed by atoms with Gasteiger partial charge in [-0.15, -0.1) is 0 Å². The van der Waals surface area contributed by atoms with Crippen LogP contribution < -0.4 is 16.4 Å². The van der Waals surface area contributed by atoms with E-state index in [1.165, 1.54) is 6.92 Å². The van der Waals surface area contributed by atoms with Gasteiger partial charge in [-0.3, -0.25) is 9.59 Å². The maximum atomic E-state index is 12.8. The Kier molecular flexibility index (Phi) is 7.35. The predicted molar refractivity (Wildman–Crippen MR) is 108 cm³/mol. The number of hydrogen-bond donors (Lipinski definition) is 6. The van der Waals surface area contributed by atoms with Crippen molar-refractivity contribution in [3.63, 3.8) is 0 Å². The summed E-state index contributed by atoms with van der Waals surface area (Å²) in [5, 5.41) is 24.7. The molecule has 1 heterocycles. The number of nitrogens with one attached hydrogen (secondary N) is 3. The number of carbonyl (C=O) groups excluding carboxylic acids is 2. The number of rotatable bonds is 9. The third-order valence-electron chi connectivity index (χ3n) is 4.80. The number of carbonyl (C=O) groups is 3. The Bertz CT molecular complexity index is 877. The van der Waals surface area contributed by atoms with Crippen LogP contribution in [0.1, 0.15) is 26.3 Å². The number of hydrogen-bond acceptors (Lipinski definition) is 5. The second-order valence-electron chi connectivity index (χ2n) is 7.46. The van der Waals surface area contributed by atoms with Gasteiger partial charge in [-0.05, 0) is 24.5 Å². The van der Waals surface area contributed by atoms with Crippen molar-refractivity contribution in [1.29, 1.82) is 0 Å². The molecule has 1 aromatic carbocycles. The fourth-order valence-electron chi connectivity index (χ4n) is 2.94. The van der Waals surface area contributed by atoms with Gasteiger partial charge in [-0.2, -0.15) is 0 Å². The van der Waals surface area contributed by atoms with Crippen molar-refractivity contribution in [2.75, 3.05) is 0 Å². The van der Waals surface area contributed by atoms with E-state index in [4.69, 9.17) is 5.73 Å². The van der Waals surface area contributed by atoms with Crippen LogP contribution in [0.25, 0.3) is 10.9 Å². The number of benzene rings is 1. The number of nitrogens with two attached hydrogens (primary N) is 1. The van der Waals surface area contributed by atoms with Crippen LogP contribution in [0.2, 0.25) is 0 Å². The number of fused-ring (bicyclic) bond motifs is 1. The first kappa shape index (κ1) is 22.4. The summed E-state index contributed by atoms with van der Waals surface area (Å²) in [5.41, 5.74) is 7.54. The van der Waals surface area contributed by atoms with E-state index in [-0.39, 0.29) is 12.3 Å². The Morgan fingerprint density at radius 3 is 2.34 bits per heavy atom. The van der Waals surface area contributed by atoms with Gasteiger partial charge in [0.25, 0.3) is 0 Å². The molecule has 4 unspecified atom stereocenters. The first-order valence-electron chi connectivity index (χ1n) is 9.44. The zero-order valence-corrected chi connectivity index (χ0v) is 16.7. The molecule has 29 heavy (non-hydrogen) atoms. The van der Waals surface area contributed by atoms with Crippen molar-refractivity contribution in [3.8, 4) is 0 Å². The van der Waals surface area contributed by atoms with Gasteiger partial charge in [-0.25, -0.2) is 4.79 Å². The van der Waals surface area contributed by atoms with Gasteiger partial charge in [0, 0.05) is 23.5 Å². The van der Waals surface area contributed by atoms with Crippen molar-refractivity contribution in [2.24, 2.45) is 11.7 Å². The lowest BCUT2D eigenvalue weighted by atomic mass is 10.0. The van der Waals surface area contributed by atoms with Crippen molar-refractivity contribution in [3.05, 3.63) is 36.0 Å². The third-order valence-corrected chi connectivity index (χ3v) is 4.80. The monoisotopic (exact) mass is 404 g/mol. The van der Waals surface area contributed by atoms with E-state index < -0.39 is 42.0 Å². The maximum absolute atomic E-state index is 12.8. The quantitative estimate of drug-likeness (QED) is 0.349. The lowest BCUT2D eigenvalue weighted by molar-refractivity contribution is -0.145. The number of aliphatic carboxylic acids is 1. The van der Waals surface area contributed by atoms with Crippen molar-refractivity contribution >= 4 is 28.7 Å². The topological polar surface area (TPSA) is 158 Å². The van der Waals surface area contributed by atoms with Gasteiger partial charge >= 0.3 is 5.97 Å². The minimum absolute atomic E-state index is 0.124. The molecule has 158 valence electrons. The van der Waals surface area contributed by atoms with Gasteiger partial charge in [-0.1, -0.05) is 32.0 Å². The third kappa shape index (κ3) is 5.55. The highest BCUT2D eigenvalue weighted by molar-refractivity contribution is 5.93. The van der Waals surface area contributed by atoms with E-state index in [1.54, 1.807) is 20.0 Å². The van der Waals surface area contributed by atoms with E-state index in [1.807, 2.05) is 24.3 Å². The Labute approximate surface area is 168 Å². The zero-order valence-electron chi connectivity index (χ0n) is 16.7. The molecule has 7 N–H and O–H groups in total. The number of carboxylic acid groups (broad SMARTS) is 1. The maximum Gasteiger partial charge on any atom is 0.328 e. The number of carboxylic acids is 1. The number of aliphatic hydroxyl groups excluding tert-OH is 1. The minimum atomic E-state index is -1.50. The van der Waals surface area contributed by atoms with Crippen LogP contribution in [0, 0.1) is 5.92 Å². The highest BCUT2D eigenvalue weighted by Crippen LogP contribution is 2.19. The summed E-state index contributed by atoms with van der Waals surface area (Å²) in [5.74, 6) is -2.74. The summed E-state index contributed by atoms with van der Waals surface area (Å²) in [6, 6.07) is 4.12. The summed E-state index contributed by atoms with van der Waals surface area (Å²) in [7, 11) is 0. The Morgan fingerprint density at radius 2 is 1.76 bits per heavy atom. The van der Waals surface area contributed by atoms with Gasteiger partial charge < -0.3 is 31.6 Å². The Morgan fingerprint density at radius 1 is 1.10 bits per heavy atom. The SMILES string of the molecule is CC(C)C(N)C(=O)NC(Cc1c[nH]c2ccccc12)C(=O)NC(C(=O)O)C(C)O. The van der Waals surface area contributed by atoms with Gasteiger partial charge in [0.1, 0.15) is 6.04 Å². The van der Waals surface area contributed by atoms with Crippen LogP contribution >= 0.6 is 0 Å². The molecule has 0 saturated carbocycles. The second-order valence-corrected chi connectivity index (χ2v) is 7.46. The summed E-state index contributed by atoms with van der Waals surface area (Å²) in [4.78, 5) is 39.7. The number of aliphatic hydroxyl groups is 1. The Balaban J connectivity index is 2.28. The van der Waals surface area contributed by atoms with E-state index >= 15 is 0 Å². The van der Waals surface area contributed by atoms with Crippen molar-refractivity contribution in [2.45, 2.75) is 51.4 Å². The molecule has 4 atom stereocenters. The summed E-state index contributed by atoms with van der Waals surface area (Å²) in [6.07, 6.45) is 0.556. The molecule has 0 bridgehead atoms. The highest BCUT2D eigenvalue weighted by atomic mass is 16.4. The van der Waals surface area contributed by atoms with Crippen LogP contribution in [0.15, 0.2) is 30.5 Å². The minimum Gasteiger partial charge on any atom is -0.480 e. The zero-order chi connectivity index (χ0) is 21.7. The smallest absolute Gasteiger partial charge is 0.328 e. The van der Waals surface area contributed by atoms with Crippen LogP contribution in [-0.2, 0) is 20.8 Å². The van der Waals surface area contributed by atoms with Crippen LogP contribution in [0.5, 0.6) is 0 Å². The van der Waals surface area contributed by atoms with E-state index in [2.05, 4.69) is 15.6 Å². The summed E-state index contributed by atoms with van der Waals surface area (Å²) in [6.45, 7) is 4.83. The molecule has 2 amide bonds. The van der Waals surface area contributed by atoms with Gasteiger partial charge in [0.05, 0.1) is 12.1 Å². The molecule has 0 aliphatic rings.